The molecule has 2 aliphatic heterocycles. The Morgan fingerprint density at radius 2 is 1.90 bits per heavy atom. The summed E-state index contributed by atoms with van der Waals surface area (Å²) in [6.07, 6.45) is 6.17. The van der Waals surface area contributed by atoms with E-state index in [1.54, 1.807) is 12.1 Å². The number of hydrogen-bond acceptors (Lipinski definition) is 5. The van der Waals surface area contributed by atoms with Gasteiger partial charge in [0.2, 0.25) is 0 Å². The smallest absolute Gasteiger partial charge is 0.330 e. The summed E-state index contributed by atoms with van der Waals surface area (Å²) in [5, 5.41) is 0. The SMILES string of the molecule is COC(=O)C=Cc1ccc2c(c1)C(=O)CC1(CCN(CCc3ccc(C)cc3)CC1)O2. The quantitative estimate of drug-likeness (QED) is 0.536. The lowest BCUT2D eigenvalue weighted by Gasteiger charge is -2.44. The highest BCUT2D eigenvalue weighted by Crippen LogP contribution is 2.39. The second kappa shape index (κ2) is 9.06. The van der Waals surface area contributed by atoms with Gasteiger partial charge in [-0.05, 0) is 42.7 Å². The lowest BCUT2D eigenvalue weighted by molar-refractivity contribution is -0.134. The van der Waals surface area contributed by atoms with Gasteiger partial charge in [0.15, 0.2) is 5.78 Å². The molecule has 2 heterocycles. The fraction of sp³-hybridized carbons (Fsp3) is 0.385. The highest BCUT2D eigenvalue weighted by molar-refractivity contribution is 6.01. The molecule has 1 saturated heterocycles. The Morgan fingerprint density at radius 1 is 1.16 bits per heavy atom. The van der Waals surface area contributed by atoms with Crippen LogP contribution in [0.3, 0.4) is 0 Å². The highest BCUT2D eigenvalue weighted by atomic mass is 16.5. The summed E-state index contributed by atoms with van der Waals surface area (Å²) in [5.41, 5.74) is 3.63. The van der Waals surface area contributed by atoms with Gasteiger partial charge < -0.3 is 14.4 Å². The number of carbonyl (C=O) groups excluding carboxylic acids is 2. The van der Waals surface area contributed by atoms with Gasteiger partial charge in [-0.1, -0.05) is 35.9 Å². The summed E-state index contributed by atoms with van der Waals surface area (Å²) in [6, 6.07) is 14.2. The summed E-state index contributed by atoms with van der Waals surface area (Å²) in [4.78, 5) is 26.7. The molecule has 0 unspecified atom stereocenters. The largest absolute Gasteiger partial charge is 0.486 e. The van der Waals surface area contributed by atoms with Crippen molar-refractivity contribution >= 4 is 17.8 Å². The van der Waals surface area contributed by atoms with E-state index in [1.165, 1.54) is 24.3 Å². The third kappa shape index (κ3) is 5.05. The lowest BCUT2D eigenvalue weighted by atomic mass is 9.82. The molecule has 0 bridgehead atoms. The van der Waals surface area contributed by atoms with Gasteiger partial charge in [0.05, 0.1) is 19.1 Å². The summed E-state index contributed by atoms with van der Waals surface area (Å²) in [7, 11) is 1.34. The maximum atomic E-state index is 12.9. The monoisotopic (exact) mass is 419 g/mol. The molecule has 0 aliphatic carbocycles. The van der Waals surface area contributed by atoms with Crippen LogP contribution in [0.5, 0.6) is 5.75 Å². The Kier molecular flexibility index (Phi) is 6.23. The van der Waals surface area contributed by atoms with Crippen molar-refractivity contribution < 1.29 is 19.1 Å². The van der Waals surface area contributed by atoms with E-state index < -0.39 is 11.6 Å². The minimum Gasteiger partial charge on any atom is -0.486 e. The number of ether oxygens (including phenoxy) is 2. The molecule has 5 heteroatoms. The van der Waals surface area contributed by atoms with E-state index >= 15 is 0 Å². The predicted octanol–water partition coefficient (Wildman–Crippen LogP) is 4.22. The zero-order chi connectivity index (χ0) is 21.8. The predicted molar refractivity (Wildman–Crippen MR) is 120 cm³/mol. The van der Waals surface area contributed by atoms with Crippen molar-refractivity contribution in [3.05, 3.63) is 70.8 Å². The average molecular weight is 420 g/mol. The standard InChI is InChI=1S/C26H29NO4/c1-19-3-5-20(6-4-19)11-14-27-15-12-26(13-16-27)18-23(28)22-17-21(7-9-24(22)31-26)8-10-25(29)30-2/h3-10,17H,11-16,18H2,1-2H3. The first-order valence-corrected chi connectivity index (χ1v) is 10.9. The van der Waals surface area contributed by atoms with Crippen LogP contribution in [0, 0.1) is 6.92 Å². The van der Waals surface area contributed by atoms with Gasteiger partial charge in [-0.2, -0.15) is 0 Å². The van der Waals surface area contributed by atoms with Crippen molar-refractivity contribution in [2.24, 2.45) is 0 Å². The van der Waals surface area contributed by atoms with Crippen LogP contribution in [0.2, 0.25) is 0 Å². The van der Waals surface area contributed by atoms with Crippen LogP contribution in [0.1, 0.15) is 46.3 Å². The minimum absolute atomic E-state index is 0.114. The Labute approximate surface area is 183 Å². The average Bonchev–Trinajstić information content (AvgIpc) is 2.78. The molecule has 162 valence electrons. The maximum Gasteiger partial charge on any atom is 0.330 e. The van der Waals surface area contributed by atoms with Crippen LogP contribution >= 0.6 is 0 Å². The number of ketones is 1. The molecule has 31 heavy (non-hydrogen) atoms. The molecule has 0 radical (unpaired) electrons. The molecule has 5 nitrogen and oxygen atoms in total. The number of fused-ring (bicyclic) bond motifs is 1. The van der Waals surface area contributed by atoms with Crippen LogP contribution in [0.25, 0.3) is 6.08 Å². The summed E-state index contributed by atoms with van der Waals surface area (Å²) in [5.74, 6) is 0.343. The first-order valence-electron chi connectivity index (χ1n) is 10.9. The zero-order valence-corrected chi connectivity index (χ0v) is 18.2. The normalized spacial score (nSPS) is 18.1. The first-order chi connectivity index (χ1) is 15.0. The molecule has 0 aromatic heterocycles. The van der Waals surface area contributed by atoms with Gasteiger partial charge in [-0.3, -0.25) is 4.79 Å². The zero-order valence-electron chi connectivity index (χ0n) is 18.2. The topological polar surface area (TPSA) is 55.8 Å². The number of piperidine rings is 1. The Morgan fingerprint density at radius 3 is 2.61 bits per heavy atom. The first kappa shape index (κ1) is 21.3. The molecule has 1 spiro atoms. The van der Waals surface area contributed by atoms with Crippen LogP contribution in [-0.2, 0) is 16.0 Å². The summed E-state index contributed by atoms with van der Waals surface area (Å²) in [6.45, 7) is 5.01. The molecule has 2 aliphatic rings. The van der Waals surface area contributed by atoms with Crippen molar-refractivity contribution in [3.63, 3.8) is 0 Å². The second-order valence-electron chi connectivity index (χ2n) is 8.57. The number of hydrogen-bond donors (Lipinski definition) is 0. The van der Waals surface area contributed by atoms with Crippen LogP contribution in [0.4, 0.5) is 0 Å². The van der Waals surface area contributed by atoms with E-state index in [1.807, 2.05) is 12.1 Å². The molecule has 0 atom stereocenters. The fourth-order valence-corrected chi connectivity index (χ4v) is 4.35. The van der Waals surface area contributed by atoms with Crippen molar-refractivity contribution in [1.82, 2.24) is 4.90 Å². The van der Waals surface area contributed by atoms with Gasteiger partial charge in [0.25, 0.3) is 0 Å². The molecule has 2 aromatic carbocycles. The maximum absolute atomic E-state index is 12.9. The summed E-state index contributed by atoms with van der Waals surface area (Å²) < 4.78 is 11.0. The number of carbonyl (C=O) groups is 2. The van der Waals surface area contributed by atoms with Gasteiger partial charge >= 0.3 is 5.97 Å². The number of benzene rings is 2. The van der Waals surface area contributed by atoms with E-state index in [2.05, 4.69) is 40.8 Å². The van der Waals surface area contributed by atoms with E-state index in [0.29, 0.717) is 17.7 Å². The second-order valence-corrected chi connectivity index (χ2v) is 8.57. The molecule has 0 saturated carbocycles. The number of esters is 1. The number of aryl methyl sites for hydroxylation is 1. The molecule has 0 amide bonds. The fourth-order valence-electron chi connectivity index (χ4n) is 4.35. The Balaban J connectivity index is 1.36. The molecular weight excluding hydrogens is 390 g/mol. The van der Waals surface area contributed by atoms with Crippen LogP contribution in [-0.4, -0.2) is 49.0 Å². The minimum atomic E-state index is -0.423. The molecule has 4 rings (SSSR count). The number of nitrogens with zero attached hydrogens (tertiary/aromatic N) is 1. The van der Waals surface area contributed by atoms with Crippen molar-refractivity contribution in [2.75, 3.05) is 26.7 Å². The van der Waals surface area contributed by atoms with Crippen molar-refractivity contribution in [1.29, 1.82) is 0 Å². The van der Waals surface area contributed by atoms with E-state index in [-0.39, 0.29) is 5.78 Å². The molecule has 2 aromatic rings. The Bertz CT molecular complexity index is 985. The molecular formula is C26H29NO4. The van der Waals surface area contributed by atoms with Crippen molar-refractivity contribution in [3.8, 4) is 5.75 Å². The number of likely N-dealkylation sites (tertiary alicyclic amines) is 1. The van der Waals surface area contributed by atoms with Gasteiger partial charge in [0, 0.05) is 38.6 Å². The van der Waals surface area contributed by atoms with E-state index in [0.717, 1.165) is 44.5 Å². The third-order valence-corrected chi connectivity index (χ3v) is 6.33. The highest BCUT2D eigenvalue weighted by Gasteiger charge is 2.42. The van der Waals surface area contributed by atoms with Gasteiger partial charge in [0.1, 0.15) is 11.4 Å². The number of rotatable bonds is 5. The van der Waals surface area contributed by atoms with Crippen LogP contribution < -0.4 is 4.74 Å². The molecule has 0 N–H and O–H groups in total. The molecule has 1 fully saturated rings. The van der Waals surface area contributed by atoms with Crippen LogP contribution in [0.15, 0.2) is 48.5 Å². The van der Waals surface area contributed by atoms with Gasteiger partial charge in [-0.25, -0.2) is 4.79 Å². The number of Topliss-reactive ketones (excluding diaryl/α,β-unsaturated/α-hetero) is 1. The van der Waals surface area contributed by atoms with Crippen molar-refractivity contribution in [2.45, 2.75) is 38.2 Å². The third-order valence-electron chi connectivity index (χ3n) is 6.33. The number of methoxy groups -OCH3 is 1. The van der Waals surface area contributed by atoms with Gasteiger partial charge in [-0.15, -0.1) is 0 Å². The van der Waals surface area contributed by atoms with E-state index in [9.17, 15) is 9.59 Å². The Hall–Kier alpha value is -2.92. The van der Waals surface area contributed by atoms with E-state index in [4.69, 9.17) is 4.74 Å². The lowest BCUT2D eigenvalue weighted by Crippen LogP contribution is -2.51. The summed E-state index contributed by atoms with van der Waals surface area (Å²) >= 11 is 0.